The number of methoxy groups -OCH3 is 2. The minimum Gasteiger partial charge on any atom is -0.482 e. The summed E-state index contributed by atoms with van der Waals surface area (Å²) in [5.74, 6) is -3.22. The standard InChI is InChI=1S/C25H30O11/c1-14-8-9-19(27)24(30)18(26)7-5-6-16-10-17(34-12-21(28)32-3)11-20(35-13-22(29)33-4)23(16)25(31)36-15(14)2/h5-6,8-11,14-15,18,24,26,30H,7,12-13H2,1-4H3/b6-5?,9-8-/t14-,15+,18+,24+/m1/s1. The first-order valence-corrected chi connectivity index (χ1v) is 11.1. The van der Waals surface area contributed by atoms with Crippen LogP contribution in [0, 0.1) is 5.92 Å². The van der Waals surface area contributed by atoms with Crippen molar-refractivity contribution >= 4 is 29.8 Å². The molecule has 2 N–H and O–H groups in total. The van der Waals surface area contributed by atoms with E-state index in [1.54, 1.807) is 13.8 Å². The van der Waals surface area contributed by atoms with Gasteiger partial charge < -0.3 is 33.9 Å². The number of aliphatic hydroxyl groups is 2. The molecule has 1 aliphatic heterocycles. The predicted molar refractivity (Wildman–Crippen MR) is 125 cm³/mol. The van der Waals surface area contributed by atoms with Gasteiger partial charge in [0, 0.05) is 12.0 Å². The molecular weight excluding hydrogens is 476 g/mol. The van der Waals surface area contributed by atoms with E-state index in [1.165, 1.54) is 44.6 Å². The molecule has 0 aliphatic carbocycles. The van der Waals surface area contributed by atoms with Crippen LogP contribution in [0.1, 0.15) is 36.2 Å². The zero-order valence-corrected chi connectivity index (χ0v) is 20.5. The molecule has 0 aromatic heterocycles. The first kappa shape index (κ1) is 28.5. The highest BCUT2D eigenvalue weighted by atomic mass is 16.6. The molecule has 196 valence electrons. The van der Waals surface area contributed by atoms with Crippen LogP contribution in [0.25, 0.3) is 6.08 Å². The van der Waals surface area contributed by atoms with Crippen LogP contribution in [-0.2, 0) is 28.6 Å². The highest BCUT2D eigenvalue weighted by Gasteiger charge is 2.26. The Morgan fingerprint density at radius 1 is 1.00 bits per heavy atom. The van der Waals surface area contributed by atoms with Gasteiger partial charge in [-0.05, 0) is 31.1 Å². The van der Waals surface area contributed by atoms with Crippen LogP contribution in [0.15, 0.2) is 30.4 Å². The van der Waals surface area contributed by atoms with Crippen molar-refractivity contribution in [3.05, 3.63) is 41.5 Å². The number of fused-ring (bicyclic) bond motifs is 1. The third-order valence-corrected chi connectivity index (χ3v) is 5.40. The van der Waals surface area contributed by atoms with E-state index in [-0.39, 0.29) is 29.0 Å². The van der Waals surface area contributed by atoms with Crippen LogP contribution in [0.2, 0.25) is 0 Å². The summed E-state index contributed by atoms with van der Waals surface area (Å²) >= 11 is 0. The van der Waals surface area contributed by atoms with Gasteiger partial charge in [0.15, 0.2) is 19.0 Å². The Hall–Kier alpha value is -3.70. The molecule has 4 atom stereocenters. The lowest BCUT2D eigenvalue weighted by Gasteiger charge is -2.21. The average Bonchev–Trinajstić information content (AvgIpc) is 2.86. The maximum absolute atomic E-state index is 13.2. The highest BCUT2D eigenvalue weighted by molar-refractivity contribution is 5.97. The molecule has 36 heavy (non-hydrogen) atoms. The van der Waals surface area contributed by atoms with Gasteiger partial charge in [-0.15, -0.1) is 0 Å². The Bertz CT molecular complexity index is 1030. The lowest BCUT2D eigenvalue weighted by Crippen LogP contribution is -2.32. The Balaban J connectivity index is 2.59. The number of carbonyl (C=O) groups is 4. The maximum atomic E-state index is 13.2. The van der Waals surface area contributed by atoms with Crippen LogP contribution in [0.4, 0.5) is 0 Å². The molecule has 1 aromatic carbocycles. The van der Waals surface area contributed by atoms with Crippen molar-refractivity contribution in [1.29, 1.82) is 0 Å². The summed E-state index contributed by atoms with van der Waals surface area (Å²) in [6, 6.07) is 2.74. The smallest absolute Gasteiger partial charge is 0.343 e. The number of ether oxygens (including phenoxy) is 5. The molecule has 1 aliphatic rings. The fourth-order valence-electron chi connectivity index (χ4n) is 3.04. The van der Waals surface area contributed by atoms with Gasteiger partial charge in [-0.1, -0.05) is 25.2 Å². The van der Waals surface area contributed by atoms with E-state index < -0.39 is 61.1 Å². The zero-order chi connectivity index (χ0) is 26.8. The number of cyclic esters (lactones) is 1. The lowest BCUT2D eigenvalue weighted by atomic mass is 9.99. The molecule has 0 spiro atoms. The van der Waals surface area contributed by atoms with E-state index in [2.05, 4.69) is 9.47 Å². The lowest BCUT2D eigenvalue weighted by molar-refractivity contribution is -0.143. The summed E-state index contributed by atoms with van der Waals surface area (Å²) in [4.78, 5) is 48.6. The molecular formula is C25H30O11. The molecule has 0 saturated heterocycles. The molecule has 0 saturated carbocycles. The van der Waals surface area contributed by atoms with Gasteiger partial charge in [-0.2, -0.15) is 0 Å². The van der Waals surface area contributed by atoms with Crippen LogP contribution < -0.4 is 9.47 Å². The van der Waals surface area contributed by atoms with Gasteiger partial charge in [0.05, 0.1) is 20.3 Å². The summed E-state index contributed by atoms with van der Waals surface area (Å²) < 4.78 is 25.7. The van der Waals surface area contributed by atoms with E-state index >= 15 is 0 Å². The van der Waals surface area contributed by atoms with Crippen molar-refractivity contribution in [2.75, 3.05) is 27.4 Å². The van der Waals surface area contributed by atoms with E-state index in [9.17, 15) is 29.4 Å². The van der Waals surface area contributed by atoms with Gasteiger partial charge in [0.1, 0.15) is 29.3 Å². The van der Waals surface area contributed by atoms with Crippen molar-refractivity contribution in [3.8, 4) is 11.5 Å². The number of hydrogen-bond donors (Lipinski definition) is 2. The summed E-state index contributed by atoms with van der Waals surface area (Å²) in [7, 11) is 2.37. The number of hydrogen-bond acceptors (Lipinski definition) is 11. The minimum absolute atomic E-state index is 0.0493. The Kier molecular flexibility index (Phi) is 10.6. The molecule has 0 radical (unpaired) electrons. The molecule has 11 nitrogen and oxygen atoms in total. The third-order valence-electron chi connectivity index (χ3n) is 5.40. The molecule has 1 heterocycles. The number of benzene rings is 1. The topological polar surface area (TPSA) is 155 Å². The Morgan fingerprint density at radius 2 is 1.64 bits per heavy atom. The predicted octanol–water partition coefficient (Wildman–Crippen LogP) is 1.24. The molecule has 11 heteroatoms. The number of rotatable bonds is 6. The van der Waals surface area contributed by atoms with Crippen molar-refractivity contribution in [2.45, 2.75) is 38.6 Å². The first-order valence-electron chi connectivity index (χ1n) is 11.1. The van der Waals surface area contributed by atoms with E-state index in [4.69, 9.17) is 14.2 Å². The fraction of sp³-hybridized carbons (Fsp3) is 0.440. The largest absolute Gasteiger partial charge is 0.482 e. The fourth-order valence-corrected chi connectivity index (χ4v) is 3.04. The van der Waals surface area contributed by atoms with Gasteiger partial charge in [-0.25, -0.2) is 14.4 Å². The molecule has 1 aromatic rings. The molecule has 0 amide bonds. The zero-order valence-electron chi connectivity index (χ0n) is 20.5. The van der Waals surface area contributed by atoms with E-state index in [0.29, 0.717) is 0 Å². The highest BCUT2D eigenvalue weighted by Crippen LogP contribution is 2.32. The molecule has 0 unspecified atom stereocenters. The average molecular weight is 507 g/mol. The number of ketones is 1. The van der Waals surface area contributed by atoms with Crippen LogP contribution in [0.3, 0.4) is 0 Å². The van der Waals surface area contributed by atoms with Gasteiger partial charge in [0.2, 0.25) is 0 Å². The van der Waals surface area contributed by atoms with Crippen LogP contribution >= 0.6 is 0 Å². The van der Waals surface area contributed by atoms with Crippen molar-refractivity contribution in [2.24, 2.45) is 5.92 Å². The minimum atomic E-state index is -1.65. The number of carbonyl (C=O) groups excluding carboxylic acids is 4. The third kappa shape index (κ3) is 7.92. The number of esters is 3. The second kappa shape index (κ2) is 13.4. The van der Waals surface area contributed by atoms with E-state index in [1.807, 2.05) is 0 Å². The van der Waals surface area contributed by atoms with E-state index in [0.717, 1.165) is 6.08 Å². The quantitative estimate of drug-likeness (QED) is 0.423. The Labute approximate surface area is 208 Å². The van der Waals surface area contributed by atoms with Crippen LogP contribution in [0.5, 0.6) is 11.5 Å². The molecule has 0 bridgehead atoms. The van der Waals surface area contributed by atoms with Gasteiger partial charge in [0.25, 0.3) is 0 Å². The second-order valence-corrected chi connectivity index (χ2v) is 8.00. The first-order chi connectivity index (χ1) is 17.1. The summed E-state index contributed by atoms with van der Waals surface area (Å²) in [6.07, 6.45) is 1.59. The SMILES string of the molecule is COC(=O)COc1cc2c(c(OCC(=O)OC)c1)C(=O)O[C@@H](C)[C@H](C)/C=C\C(=O)[C@@H](O)[C@@H](O)CC=C2. The monoisotopic (exact) mass is 506 g/mol. The van der Waals surface area contributed by atoms with Crippen molar-refractivity contribution < 1.29 is 53.1 Å². The molecule has 2 rings (SSSR count). The van der Waals surface area contributed by atoms with Crippen LogP contribution in [-0.4, -0.2) is 79.6 Å². The summed E-state index contributed by atoms with van der Waals surface area (Å²) in [6.45, 7) is 2.36. The maximum Gasteiger partial charge on any atom is 0.343 e. The van der Waals surface area contributed by atoms with Gasteiger partial charge >= 0.3 is 17.9 Å². The van der Waals surface area contributed by atoms with Crippen molar-refractivity contribution in [3.63, 3.8) is 0 Å². The number of aliphatic hydroxyl groups excluding tert-OH is 2. The van der Waals surface area contributed by atoms with Gasteiger partial charge in [-0.3, -0.25) is 4.79 Å². The van der Waals surface area contributed by atoms with Crippen molar-refractivity contribution in [1.82, 2.24) is 0 Å². The second-order valence-electron chi connectivity index (χ2n) is 8.00. The Morgan fingerprint density at radius 3 is 2.28 bits per heavy atom. The molecule has 0 fully saturated rings. The normalized spacial score (nSPS) is 23.5. The summed E-state index contributed by atoms with van der Waals surface area (Å²) in [5.41, 5.74) is 0.162. The summed E-state index contributed by atoms with van der Waals surface area (Å²) in [5, 5.41) is 20.4.